The van der Waals surface area contributed by atoms with Gasteiger partial charge in [-0.25, -0.2) is 4.99 Å². The summed E-state index contributed by atoms with van der Waals surface area (Å²) in [6, 6.07) is 15.2. The largest absolute Gasteiger partial charge is 0.320 e. The smallest absolute Gasteiger partial charge is 0.292 e. The summed E-state index contributed by atoms with van der Waals surface area (Å²) < 4.78 is 0. The number of aliphatic imine (C=N–C) groups is 1. The first kappa shape index (κ1) is 21.5. The number of nitro benzene ring substituents is 1. The molecule has 1 saturated heterocycles. The number of benzene rings is 2. The summed E-state index contributed by atoms with van der Waals surface area (Å²) in [5.74, 6) is -0.676. The third kappa shape index (κ3) is 4.85. The number of anilines is 1. The van der Waals surface area contributed by atoms with E-state index in [0.29, 0.717) is 10.9 Å². The SMILES string of the molecule is CC(C)(C)N1C(=O)[C@H](CC(=O)Nc2ccccc2[N+](=O)[O-])SC1=Nc1ccccc1. The molecule has 0 radical (unpaired) electrons. The van der Waals surface area contributed by atoms with Gasteiger partial charge >= 0.3 is 0 Å². The number of nitrogens with zero attached hydrogens (tertiary/aromatic N) is 3. The maximum Gasteiger partial charge on any atom is 0.292 e. The minimum Gasteiger partial charge on any atom is -0.320 e. The van der Waals surface area contributed by atoms with E-state index in [1.54, 1.807) is 11.0 Å². The van der Waals surface area contributed by atoms with E-state index in [1.807, 2.05) is 51.1 Å². The van der Waals surface area contributed by atoms with Crippen LogP contribution in [-0.2, 0) is 9.59 Å². The molecular weight excluding hydrogens is 404 g/mol. The molecule has 0 aromatic heterocycles. The van der Waals surface area contributed by atoms with Gasteiger partial charge in [0.2, 0.25) is 11.8 Å². The molecule has 0 aliphatic carbocycles. The van der Waals surface area contributed by atoms with Crippen molar-refractivity contribution in [2.45, 2.75) is 38.0 Å². The Morgan fingerprint density at radius 1 is 1.17 bits per heavy atom. The highest BCUT2D eigenvalue weighted by molar-refractivity contribution is 8.15. The lowest BCUT2D eigenvalue weighted by atomic mass is 10.1. The standard InChI is InChI=1S/C21H22N4O4S/c1-21(2,3)24-19(27)17(30-20(24)22-14-9-5-4-6-10-14)13-18(26)23-15-11-7-8-12-16(15)25(28)29/h4-12,17H,13H2,1-3H3,(H,23,26)/t17-/m0/s1. The van der Waals surface area contributed by atoms with Gasteiger partial charge in [0.15, 0.2) is 5.17 Å². The zero-order valence-corrected chi connectivity index (χ0v) is 17.7. The molecule has 0 saturated carbocycles. The van der Waals surface area contributed by atoms with Crippen molar-refractivity contribution in [3.63, 3.8) is 0 Å². The minimum atomic E-state index is -0.658. The summed E-state index contributed by atoms with van der Waals surface area (Å²) in [5.41, 5.74) is 0.112. The lowest BCUT2D eigenvalue weighted by Crippen LogP contribution is -2.46. The Morgan fingerprint density at radius 2 is 1.80 bits per heavy atom. The lowest BCUT2D eigenvalue weighted by molar-refractivity contribution is -0.383. The number of hydrogen-bond donors (Lipinski definition) is 1. The summed E-state index contributed by atoms with van der Waals surface area (Å²) in [4.78, 5) is 42.4. The average molecular weight is 426 g/mol. The topological polar surface area (TPSA) is 105 Å². The quantitative estimate of drug-likeness (QED) is 0.565. The van der Waals surface area contributed by atoms with E-state index in [2.05, 4.69) is 10.3 Å². The Morgan fingerprint density at radius 3 is 2.43 bits per heavy atom. The molecule has 9 heteroatoms. The molecule has 1 atom stereocenters. The summed E-state index contributed by atoms with van der Waals surface area (Å²) in [5, 5.41) is 13.6. The van der Waals surface area contributed by atoms with Gasteiger partial charge in [0.25, 0.3) is 5.69 Å². The number of amides is 2. The Balaban J connectivity index is 1.80. The van der Waals surface area contributed by atoms with Crippen LogP contribution in [0.2, 0.25) is 0 Å². The van der Waals surface area contributed by atoms with Gasteiger partial charge in [-0.3, -0.25) is 24.6 Å². The molecule has 1 fully saturated rings. The van der Waals surface area contributed by atoms with Crippen LogP contribution in [0.5, 0.6) is 0 Å². The van der Waals surface area contributed by atoms with Crippen molar-refractivity contribution in [3.05, 3.63) is 64.7 Å². The van der Waals surface area contributed by atoms with Crippen LogP contribution in [0, 0.1) is 10.1 Å². The van der Waals surface area contributed by atoms with E-state index in [0.717, 1.165) is 0 Å². The molecule has 2 aromatic carbocycles. The normalized spacial score (nSPS) is 18.0. The summed E-state index contributed by atoms with van der Waals surface area (Å²) in [7, 11) is 0. The lowest BCUT2D eigenvalue weighted by Gasteiger charge is -2.31. The molecule has 1 aliphatic heterocycles. The van der Waals surface area contributed by atoms with Crippen LogP contribution >= 0.6 is 11.8 Å². The fraction of sp³-hybridized carbons (Fsp3) is 0.286. The number of amidine groups is 1. The number of carbonyl (C=O) groups excluding carboxylic acids is 2. The number of thioether (sulfide) groups is 1. The van der Waals surface area contributed by atoms with Crippen molar-refractivity contribution in [3.8, 4) is 0 Å². The Bertz CT molecular complexity index is 1000. The highest BCUT2D eigenvalue weighted by Crippen LogP contribution is 2.36. The average Bonchev–Trinajstić information content (AvgIpc) is 2.97. The second-order valence-corrected chi connectivity index (χ2v) is 8.88. The summed E-state index contributed by atoms with van der Waals surface area (Å²) in [6.07, 6.45) is -0.115. The van der Waals surface area contributed by atoms with Crippen molar-refractivity contribution in [2.24, 2.45) is 4.99 Å². The molecule has 2 amide bonds. The van der Waals surface area contributed by atoms with Gasteiger partial charge in [0, 0.05) is 18.0 Å². The van der Waals surface area contributed by atoms with Gasteiger partial charge in [-0.05, 0) is 39.0 Å². The molecule has 8 nitrogen and oxygen atoms in total. The van der Waals surface area contributed by atoms with Gasteiger partial charge in [0.1, 0.15) is 10.9 Å². The van der Waals surface area contributed by atoms with E-state index >= 15 is 0 Å². The molecule has 30 heavy (non-hydrogen) atoms. The fourth-order valence-electron chi connectivity index (χ4n) is 3.01. The molecule has 2 aromatic rings. The van der Waals surface area contributed by atoms with Crippen LogP contribution < -0.4 is 5.32 Å². The second-order valence-electron chi connectivity index (χ2n) is 7.71. The van der Waals surface area contributed by atoms with Gasteiger partial charge < -0.3 is 5.32 Å². The Labute approximate surface area is 178 Å². The van der Waals surface area contributed by atoms with Crippen LogP contribution in [0.1, 0.15) is 27.2 Å². The van der Waals surface area contributed by atoms with Crippen LogP contribution in [0.3, 0.4) is 0 Å². The van der Waals surface area contributed by atoms with E-state index < -0.39 is 21.6 Å². The molecular formula is C21H22N4O4S. The maximum absolute atomic E-state index is 13.1. The summed E-state index contributed by atoms with van der Waals surface area (Å²) in [6.45, 7) is 5.71. The van der Waals surface area contributed by atoms with Gasteiger partial charge in [0.05, 0.1) is 10.6 Å². The number of nitro groups is 1. The van der Waals surface area contributed by atoms with E-state index in [1.165, 1.54) is 30.0 Å². The predicted molar refractivity (Wildman–Crippen MR) is 118 cm³/mol. The number of hydrogen-bond acceptors (Lipinski definition) is 6. The Kier molecular flexibility index (Phi) is 6.21. The van der Waals surface area contributed by atoms with Crippen molar-refractivity contribution in [2.75, 3.05) is 5.32 Å². The molecule has 1 N–H and O–H groups in total. The molecule has 156 valence electrons. The van der Waals surface area contributed by atoms with Gasteiger partial charge in [-0.15, -0.1) is 0 Å². The minimum absolute atomic E-state index is 0.105. The van der Waals surface area contributed by atoms with Crippen molar-refractivity contribution in [1.82, 2.24) is 4.90 Å². The van der Waals surface area contributed by atoms with Crippen molar-refractivity contribution in [1.29, 1.82) is 0 Å². The highest BCUT2D eigenvalue weighted by atomic mass is 32.2. The zero-order valence-electron chi connectivity index (χ0n) is 16.9. The van der Waals surface area contributed by atoms with E-state index in [4.69, 9.17) is 0 Å². The molecule has 1 aliphatic rings. The third-order valence-corrected chi connectivity index (χ3v) is 5.47. The monoisotopic (exact) mass is 426 g/mol. The number of nitrogens with one attached hydrogen (secondary N) is 1. The van der Waals surface area contributed by atoms with Crippen LogP contribution in [-0.4, -0.2) is 37.6 Å². The summed E-state index contributed by atoms with van der Waals surface area (Å²) >= 11 is 1.23. The molecule has 0 unspecified atom stereocenters. The van der Waals surface area contributed by atoms with E-state index in [9.17, 15) is 19.7 Å². The predicted octanol–water partition coefficient (Wildman–Crippen LogP) is 4.35. The number of carbonyl (C=O) groups is 2. The zero-order chi connectivity index (χ0) is 21.9. The van der Waals surface area contributed by atoms with E-state index in [-0.39, 0.29) is 23.7 Å². The number of rotatable bonds is 5. The van der Waals surface area contributed by atoms with Crippen LogP contribution in [0.4, 0.5) is 17.1 Å². The molecule has 1 heterocycles. The molecule has 0 spiro atoms. The first-order chi connectivity index (χ1) is 14.2. The van der Waals surface area contributed by atoms with Crippen LogP contribution in [0.15, 0.2) is 59.6 Å². The Hall–Kier alpha value is -3.20. The maximum atomic E-state index is 13.1. The van der Waals surface area contributed by atoms with Crippen molar-refractivity contribution >= 4 is 45.8 Å². The highest BCUT2D eigenvalue weighted by Gasteiger charge is 2.44. The molecule has 0 bridgehead atoms. The second kappa shape index (κ2) is 8.66. The fourth-order valence-corrected chi connectivity index (χ4v) is 4.34. The van der Waals surface area contributed by atoms with Crippen LogP contribution in [0.25, 0.3) is 0 Å². The van der Waals surface area contributed by atoms with Gasteiger partial charge in [-0.2, -0.15) is 0 Å². The van der Waals surface area contributed by atoms with Gasteiger partial charge in [-0.1, -0.05) is 42.1 Å². The first-order valence-corrected chi connectivity index (χ1v) is 10.2. The van der Waals surface area contributed by atoms with Crippen molar-refractivity contribution < 1.29 is 14.5 Å². The first-order valence-electron chi connectivity index (χ1n) is 9.34. The molecule has 3 rings (SSSR count). The third-order valence-electron chi connectivity index (χ3n) is 4.33. The number of para-hydroxylation sites is 3.